The maximum Gasteiger partial charge on any atom is 0.307 e. The predicted molar refractivity (Wildman–Crippen MR) is 124 cm³/mol. The zero-order valence-corrected chi connectivity index (χ0v) is 19.7. The van der Waals surface area contributed by atoms with E-state index in [0.29, 0.717) is 32.6 Å². The zero-order valence-electron chi connectivity index (χ0n) is 16.5. The lowest BCUT2D eigenvalue weighted by atomic mass is 10.1. The Morgan fingerprint density at radius 3 is 2.35 bits per heavy atom. The molecule has 0 spiro atoms. The number of amides is 1. The van der Waals surface area contributed by atoms with Crippen molar-refractivity contribution in [2.45, 2.75) is 19.9 Å². The molecule has 160 valence electrons. The lowest BCUT2D eigenvalue weighted by molar-refractivity contribution is -0.136. The van der Waals surface area contributed by atoms with Crippen LogP contribution in [0.15, 0.2) is 63.5 Å². The van der Waals surface area contributed by atoms with Crippen LogP contribution in [0.25, 0.3) is 0 Å². The first-order chi connectivity index (χ1) is 14.7. The van der Waals surface area contributed by atoms with Crippen molar-refractivity contribution < 1.29 is 24.5 Å². The number of hydrogen-bond donors (Lipinski definition) is 3. The van der Waals surface area contributed by atoms with E-state index >= 15 is 0 Å². The van der Waals surface area contributed by atoms with Crippen molar-refractivity contribution in [2.75, 3.05) is 0 Å². The maximum atomic E-state index is 12.6. The summed E-state index contributed by atoms with van der Waals surface area (Å²) in [5.74, 6) is -0.768. The fourth-order valence-corrected chi connectivity index (χ4v) is 4.39. The minimum atomic E-state index is -0.938. The summed E-state index contributed by atoms with van der Waals surface area (Å²) in [4.78, 5) is 23.6. The number of rotatable bonds is 7. The number of aliphatic carboxylic acids is 1. The van der Waals surface area contributed by atoms with Gasteiger partial charge in [0.15, 0.2) is 5.75 Å². The summed E-state index contributed by atoms with van der Waals surface area (Å²) in [5.41, 5.74) is 2.73. The molecule has 31 heavy (non-hydrogen) atoms. The quantitative estimate of drug-likeness (QED) is 0.358. The fourth-order valence-electron chi connectivity index (χ4n) is 2.94. The monoisotopic (exact) mass is 547 g/mol. The van der Waals surface area contributed by atoms with Gasteiger partial charge in [0.25, 0.3) is 5.91 Å². The molecule has 0 saturated carbocycles. The average Bonchev–Trinajstić information content (AvgIpc) is 2.70. The summed E-state index contributed by atoms with van der Waals surface area (Å²) in [5, 5.41) is 21.9. The summed E-state index contributed by atoms with van der Waals surface area (Å²) >= 11 is 6.78. The lowest BCUT2D eigenvalue weighted by Crippen LogP contribution is -2.23. The molecule has 3 aromatic carbocycles. The Morgan fingerprint density at radius 2 is 1.71 bits per heavy atom. The maximum absolute atomic E-state index is 12.6. The van der Waals surface area contributed by atoms with Crippen LogP contribution in [-0.4, -0.2) is 22.1 Å². The molecule has 0 atom stereocenters. The van der Waals surface area contributed by atoms with Crippen molar-refractivity contribution in [3.63, 3.8) is 0 Å². The van der Waals surface area contributed by atoms with Gasteiger partial charge in [-0.3, -0.25) is 9.59 Å². The van der Waals surface area contributed by atoms with Crippen molar-refractivity contribution in [1.82, 2.24) is 5.32 Å². The minimum Gasteiger partial charge on any atom is -0.507 e. The van der Waals surface area contributed by atoms with Gasteiger partial charge in [-0.15, -0.1) is 0 Å². The van der Waals surface area contributed by atoms with Gasteiger partial charge in [-0.1, -0.05) is 24.3 Å². The van der Waals surface area contributed by atoms with Crippen LogP contribution in [0, 0.1) is 6.92 Å². The lowest BCUT2D eigenvalue weighted by Gasteiger charge is -2.13. The van der Waals surface area contributed by atoms with Crippen LogP contribution < -0.4 is 10.1 Å². The number of phenols is 1. The SMILES string of the molecule is Cc1ccccc1CNC(=O)c1cc(Oc2c(Br)cc(CC(=O)O)cc2Br)ccc1O. The highest BCUT2D eigenvalue weighted by Crippen LogP contribution is 2.38. The van der Waals surface area contributed by atoms with E-state index in [0.717, 1.165) is 11.1 Å². The molecule has 0 heterocycles. The molecule has 0 radical (unpaired) electrons. The van der Waals surface area contributed by atoms with E-state index in [1.807, 2.05) is 31.2 Å². The number of aryl methyl sites for hydroxylation is 1. The van der Waals surface area contributed by atoms with Crippen molar-refractivity contribution in [3.8, 4) is 17.2 Å². The number of ether oxygens (including phenoxy) is 1. The van der Waals surface area contributed by atoms with Crippen LogP contribution in [-0.2, 0) is 17.8 Å². The summed E-state index contributed by atoms with van der Waals surface area (Å²) in [7, 11) is 0. The molecule has 1 amide bonds. The van der Waals surface area contributed by atoms with Crippen LogP contribution >= 0.6 is 31.9 Å². The number of carboxylic acids is 1. The zero-order chi connectivity index (χ0) is 22.5. The first-order valence-corrected chi connectivity index (χ1v) is 10.9. The number of nitrogens with one attached hydrogen (secondary N) is 1. The van der Waals surface area contributed by atoms with E-state index in [2.05, 4.69) is 37.2 Å². The summed E-state index contributed by atoms with van der Waals surface area (Å²) < 4.78 is 7.00. The second-order valence-electron chi connectivity index (χ2n) is 6.85. The molecule has 6 nitrogen and oxygen atoms in total. The largest absolute Gasteiger partial charge is 0.507 e. The molecule has 0 aromatic heterocycles. The molecular formula is C23H19Br2NO5. The van der Waals surface area contributed by atoms with Gasteiger partial charge < -0.3 is 20.3 Å². The molecule has 0 aliphatic rings. The molecule has 0 bridgehead atoms. The number of carbonyl (C=O) groups excluding carboxylic acids is 1. The van der Waals surface area contributed by atoms with Gasteiger partial charge in [-0.2, -0.15) is 0 Å². The van der Waals surface area contributed by atoms with Gasteiger partial charge in [0.05, 0.1) is 20.9 Å². The Hall–Kier alpha value is -2.84. The minimum absolute atomic E-state index is 0.0841. The molecule has 3 N–H and O–H groups in total. The van der Waals surface area contributed by atoms with Gasteiger partial charge in [-0.25, -0.2) is 0 Å². The Morgan fingerprint density at radius 1 is 1.03 bits per heavy atom. The van der Waals surface area contributed by atoms with Crippen LogP contribution in [0.4, 0.5) is 0 Å². The molecule has 0 fully saturated rings. The Labute approximate surface area is 196 Å². The van der Waals surface area contributed by atoms with E-state index < -0.39 is 11.9 Å². The van der Waals surface area contributed by atoms with Crippen molar-refractivity contribution >= 4 is 43.7 Å². The third-order valence-electron chi connectivity index (χ3n) is 4.55. The standard InChI is InChI=1S/C23H19Br2NO5/c1-13-4-2-3-5-15(13)12-26-23(30)17-11-16(6-7-20(17)27)31-22-18(24)8-14(9-19(22)25)10-21(28)29/h2-9,11,27H,10,12H2,1H3,(H,26,30)(H,28,29). The first kappa shape index (κ1) is 22.8. The summed E-state index contributed by atoms with van der Waals surface area (Å²) in [6, 6.07) is 15.4. The normalized spacial score (nSPS) is 10.5. The number of benzene rings is 3. The highest BCUT2D eigenvalue weighted by molar-refractivity contribution is 9.11. The number of halogens is 2. The van der Waals surface area contributed by atoms with E-state index in [1.165, 1.54) is 18.2 Å². The third-order valence-corrected chi connectivity index (χ3v) is 5.72. The Kier molecular flexibility index (Phi) is 7.35. The highest BCUT2D eigenvalue weighted by Gasteiger charge is 2.16. The molecule has 3 rings (SSSR count). The van der Waals surface area contributed by atoms with Crippen molar-refractivity contribution in [3.05, 3.63) is 85.8 Å². The first-order valence-electron chi connectivity index (χ1n) is 9.28. The van der Waals surface area contributed by atoms with Crippen LogP contribution in [0.1, 0.15) is 27.0 Å². The number of hydrogen-bond acceptors (Lipinski definition) is 4. The number of aromatic hydroxyl groups is 1. The Bertz CT molecular complexity index is 1120. The molecule has 0 saturated heterocycles. The van der Waals surface area contributed by atoms with Gasteiger partial charge >= 0.3 is 5.97 Å². The smallest absolute Gasteiger partial charge is 0.307 e. The number of carbonyl (C=O) groups is 2. The number of phenolic OH excluding ortho intramolecular Hbond substituents is 1. The second kappa shape index (κ2) is 9.98. The summed E-state index contributed by atoms with van der Waals surface area (Å²) in [6.07, 6.45) is -0.123. The third kappa shape index (κ3) is 5.86. The van der Waals surface area contributed by atoms with Crippen molar-refractivity contribution in [1.29, 1.82) is 0 Å². The Balaban J connectivity index is 1.79. The van der Waals surface area contributed by atoms with Gasteiger partial charge in [0.2, 0.25) is 0 Å². The molecular weight excluding hydrogens is 530 g/mol. The summed E-state index contributed by atoms with van der Waals surface area (Å²) in [6.45, 7) is 2.29. The van der Waals surface area contributed by atoms with E-state index in [-0.39, 0.29) is 17.7 Å². The van der Waals surface area contributed by atoms with Gasteiger partial charge in [0, 0.05) is 6.54 Å². The van der Waals surface area contributed by atoms with E-state index in [4.69, 9.17) is 9.84 Å². The highest BCUT2D eigenvalue weighted by atomic mass is 79.9. The second-order valence-corrected chi connectivity index (χ2v) is 8.56. The van der Waals surface area contributed by atoms with Crippen LogP contribution in [0.3, 0.4) is 0 Å². The number of carboxylic acid groups (broad SMARTS) is 1. The van der Waals surface area contributed by atoms with Gasteiger partial charge in [-0.05, 0) is 85.8 Å². The van der Waals surface area contributed by atoms with Crippen molar-refractivity contribution in [2.24, 2.45) is 0 Å². The molecule has 0 unspecified atom stereocenters. The fraction of sp³-hybridized carbons (Fsp3) is 0.130. The predicted octanol–water partition coefficient (Wildman–Crippen LogP) is 5.58. The van der Waals surface area contributed by atoms with E-state index in [9.17, 15) is 14.7 Å². The molecule has 0 aliphatic heterocycles. The molecule has 8 heteroatoms. The van der Waals surface area contributed by atoms with Crippen LogP contribution in [0.5, 0.6) is 17.2 Å². The average molecular weight is 549 g/mol. The van der Waals surface area contributed by atoms with Gasteiger partial charge in [0.1, 0.15) is 11.5 Å². The molecule has 0 aliphatic carbocycles. The van der Waals surface area contributed by atoms with Crippen LogP contribution in [0.2, 0.25) is 0 Å². The van der Waals surface area contributed by atoms with E-state index in [1.54, 1.807) is 12.1 Å². The molecule has 3 aromatic rings. The topological polar surface area (TPSA) is 95.9 Å².